The first-order chi connectivity index (χ1) is 14.1. The quantitative estimate of drug-likeness (QED) is 0.614. The molecule has 3 rings (SSSR count). The van der Waals surface area contributed by atoms with Gasteiger partial charge in [0.1, 0.15) is 33.8 Å². The number of nitrogens with zero attached hydrogens (tertiary/aromatic N) is 2. The van der Waals surface area contributed by atoms with Gasteiger partial charge in [0, 0.05) is 24.8 Å². The summed E-state index contributed by atoms with van der Waals surface area (Å²) in [5.41, 5.74) is -0.145. The first-order valence-electron chi connectivity index (χ1n) is 8.60. The lowest BCUT2D eigenvalue weighted by atomic mass is 10.3. The van der Waals surface area contributed by atoms with Crippen LogP contribution in [0.15, 0.2) is 47.5 Å². The zero-order chi connectivity index (χ0) is 22.1. The Morgan fingerprint density at radius 2 is 1.87 bits per heavy atom. The van der Waals surface area contributed by atoms with Crippen LogP contribution in [0.4, 0.5) is 8.78 Å². The molecule has 1 aromatic heterocycles. The summed E-state index contributed by atoms with van der Waals surface area (Å²) in [5.74, 6) is -2.09. The van der Waals surface area contributed by atoms with Gasteiger partial charge in [0.05, 0.1) is 17.8 Å². The van der Waals surface area contributed by atoms with Crippen LogP contribution < -0.4 is 9.46 Å². The molecule has 0 saturated heterocycles. The number of imidazole rings is 1. The van der Waals surface area contributed by atoms with Gasteiger partial charge in [-0.1, -0.05) is 18.5 Å². The van der Waals surface area contributed by atoms with Crippen LogP contribution in [0.3, 0.4) is 0 Å². The number of carbonyl (C=O) groups excluding carboxylic acids is 1. The van der Waals surface area contributed by atoms with Gasteiger partial charge < -0.3 is 9.30 Å². The second-order valence-electron chi connectivity index (χ2n) is 6.12. The Labute approximate surface area is 176 Å². The monoisotopic (exact) mass is 455 g/mol. The van der Waals surface area contributed by atoms with E-state index in [1.165, 1.54) is 36.1 Å². The minimum Gasteiger partial charge on any atom is -0.497 e. The fourth-order valence-electron chi connectivity index (χ4n) is 2.73. The van der Waals surface area contributed by atoms with E-state index >= 15 is 0 Å². The van der Waals surface area contributed by atoms with Crippen LogP contribution in [0.2, 0.25) is 5.02 Å². The molecule has 30 heavy (non-hydrogen) atoms. The zero-order valence-electron chi connectivity index (χ0n) is 15.8. The number of sulfonamides is 1. The smallest absolute Gasteiger partial charge is 0.285 e. The Hall–Kier alpha value is -2.98. The van der Waals surface area contributed by atoms with E-state index < -0.39 is 27.6 Å². The number of nitrogens with one attached hydrogen (secondary N) is 1. The third-order valence-electron chi connectivity index (χ3n) is 4.11. The highest BCUT2D eigenvalue weighted by Crippen LogP contribution is 2.26. The minimum atomic E-state index is -4.34. The van der Waals surface area contributed by atoms with Crippen molar-refractivity contribution < 1.29 is 26.7 Å². The van der Waals surface area contributed by atoms with Crippen LogP contribution in [-0.2, 0) is 16.4 Å². The van der Waals surface area contributed by atoms with E-state index in [0.29, 0.717) is 18.3 Å². The first-order valence-corrected chi connectivity index (χ1v) is 10.5. The molecule has 3 aromatic rings. The molecule has 158 valence electrons. The topological polar surface area (TPSA) is 90.3 Å². The van der Waals surface area contributed by atoms with Crippen molar-refractivity contribution in [3.05, 3.63) is 70.8 Å². The van der Waals surface area contributed by atoms with Crippen LogP contribution in [0.1, 0.15) is 23.2 Å². The van der Waals surface area contributed by atoms with E-state index in [4.69, 9.17) is 16.3 Å². The fraction of sp³-hybridized carbons (Fsp3) is 0.158. The fourth-order valence-corrected chi connectivity index (χ4v) is 4.20. The second-order valence-corrected chi connectivity index (χ2v) is 8.18. The number of ether oxygens (including phenoxy) is 1. The van der Waals surface area contributed by atoms with Crippen LogP contribution in [-0.4, -0.2) is 31.0 Å². The normalized spacial score (nSPS) is 11.4. The van der Waals surface area contributed by atoms with Gasteiger partial charge in [-0.15, -0.1) is 0 Å². The lowest BCUT2D eigenvalue weighted by molar-refractivity contribution is 0.0977. The summed E-state index contributed by atoms with van der Waals surface area (Å²) in [7, 11) is -2.99. The van der Waals surface area contributed by atoms with E-state index in [0.717, 1.165) is 12.1 Å². The molecule has 11 heteroatoms. The molecule has 0 aliphatic heterocycles. The lowest BCUT2D eigenvalue weighted by Gasteiger charge is -2.09. The molecule has 0 atom stereocenters. The van der Waals surface area contributed by atoms with Crippen LogP contribution >= 0.6 is 11.6 Å². The van der Waals surface area contributed by atoms with E-state index in [2.05, 4.69) is 4.98 Å². The van der Waals surface area contributed by atoms with Crippen LogP contribution in [0, 0.1) is 11.6 Å². The van der Waals surface area contributed by atoms with Crippen LogP contribution in [0.25, 0.3) is 5.69 Å². The average Bonchev–Trinajstić information content (AvgIpc) is 3.12. The molecule has 0 saturated carbocycles. The summed E-state index contributed by atoms with van der Waals surface area (Å²) in [6.45, 7) is 1.73. The molecular formula is C19H16ClF2N3O4S. The number of aryl methyl sites for hydroxylation is 1. The molecule has 0 aliphatic carbocycles. The maximum atomic E-state index is 13.6. The van der Waals surface area contributed by atoms with Crippen LogP contribution in [0.5, 0.6) is 5.75 Å². The van der Waals surface area contributed by atoms with Crippen molar-refractivity contribution in [3.63, 3.8) is 0 Å². The summed E-state index contributed by atoms with van der Waals surface area (Å²) in [6.07, 6.45) is 1.52. The Morgan fingerprint density at radius 1 is 1.20 bits per heavy atom. The molecule has 0 aliphatic rings. The highest BCUT2D eigenvalue weighted by atomic mass is 35.5. The van der Waals surface area contributed by atoms with Crippen molar-refractivity contribution in [3.8, 4) is 11.4 Å². The number of hydrogen-bond acceptors (Lipinski definition) is 5. The highest BCUT2D eigenvalue weighted by Gasteiger charge is 2.24. The summed E-state index contributed by atoms with van der Waals surface area (Å²) < 4.78 is 60.6. The maximum absolute atomic E-state index is 13.6. The van der Waals surface area contributed by atoms with E-state index in [1.54, 1.807) is 6.92 Å². The van der Waals surface area contributed by atoms with Crippen molar-refractivity contribution >= 4 is 27.5 Å². The summed E-state index contributed by atoms with van der Waals surface area (Å²) >= 11 is 5.95. The Morgan fingerprint density at radius 3 is 2.47 bits per heavy atom. The number of halogens is 3. The maximum Gasteiger partial charge on any atom is 0.285 e. The predicted molar refractivity (Wildman–Crippen MR) is 106 cm³/mol. The predicted octanol–water partition coefficient (Wildman–Crippen LogP) is 3.49. The SMILES string of the molecule is CCc1nc(C(=O)NS(=O)(=O)c2cc(OC)ccc2Cl)cn1-c1cc(F)cc(F)c1. The van der Waals surface area contributed by atoms with Gasteiger partial charge >= 0.3 is 0 Å². The molecule has 0 spiro atoms. The Bertz CT molecular complexity index is 1210. The summed E-state index contributed by atoms with van der Waals surface area (Å²) in [5, 5.41) is -0.105. The molecule has 1 N–H and O–H groups in total. The molecule has 0 unspecified atom stereocenters. The number of amides is 1. The van der Waals surface area contributed by atoms with Gasteiger partial charge in [0.25, 0.3) is 15.9 Å². The number of hydrogen-bond donors (Lipinski definition) is 1. The van der Waals surface area contributed by atoms with Crippen molar-refractivity contribution in [1.29, 1.82) is 0 Å². The number of methoxy groups -OCH3 is 1. The average molecular weight is 456 g/mol. The Kier molecular flexibility index (Phi) is 6.09. The largest absolute Gasteiger partial charge is 0.497 e. The van der Waals surface area contributed by atoms with Gasteiger partial charge in [0.2, 0.25) is 0 Å². The summed E-state index contributed by atoms with van der Waals surface area (Å²) in [6, 6.07) is 6.81. The van der Waals surface area contributed by atoms with Gasteiger partial charge in [-0.25, -0.2) is 26.9 Å². The van der Waals surface area contributed by atoms with Crippen molar-refractivity contribution in [2.24, 2.45) is 0 Å². The molecule has 0 fully saturated rings. The second kappa shape index (κ2) is 8.41. The lowest BCUT2D eigenvalue weighted by Crippen LogP contribution is -2.31. The number of rotatable bonds is 6. The van der Waals surface area contributed by atoms with E-state index in [9.17, 15) is 22.0 Å². The standard InChI is InChI=1S/C19H16ClF2N3O4S/c1-3-18-23-16(10-25(18)13-7-11(21)6-12(22)8-13)19(26)24-30(27,28)17-9-14(29-2)4-5-15(17)20/h4-10H,3H2,1-2H3,(H,24,26). The van der Waals surface area contributed by atoms with Gasteiger partial charge in [-0.3, -0.25) is 4.79 Å². The van der Waals surface area contributed by atoms with Gasteiger partial charge in [0.15, 0.2) is 0 Å². The molecule has 1 heterocycles. The number of aromatic nitrogens is 2. The van der Waals surface area contributed by atoms with Crippen molar-refractivity contribution in [2.45, 2.75) is 18.2 Å². The number of benzene rings is 2. The van der Waals surface area contributed by atoms with Gasteiger partial charge in [-0.2, -0.15) is 0 Å². The van der Waals surface area contributed by atoms with Gasteiger partial charge in [-0.05, 0) is 24.3 Å². The highest BCUT2D eigenvalue weighted by molar-refractivity contribution is 7.90. The van der Waals surface area contributed by atoms with Crippen molar-refractivity contribution in [1.82, 2.24) is 14.3 Å². The molecule has 2 aromatic carbocycles. The molecule has 0 radical (unpaired) electrons. The zero-order valence-corrected chi connectivity index (χ0v) is 17.4. The first kappa shape index (κ1) is 21.7. The third-order valence-corrected chi connectivity index (χ3v) is 5.92. The minimum absolute atomic E-state index is 0.105. The molecule has 0 bridgehead atoms. The molecule has 1 amide bonds. The molecule has 7 nitrogen and oxygen atoms in total. The van der Waals surface area contributed by atoms with E-state index in [-0.39, 0.29) is 27.0 Å². The number of carbonyl (C=O) groups is 1. The summed E-state index contributed by atoms with van der Waals surface area (Å²) in [4.78, 5) is 16.3. The molecular weight excluding hydrogens is 440 g/mol. The van der Waals surface area contributed by atoms with E-state index in [1.807, 2.05) is 4.72 Å². The third kappa shape index (κ3) is 4.44. The van der Waals surface area contributed by atoms with Crippen molar-refractivity contribution in [2.75, 3.05) is 7.11 Å². The Balaban J connectivity index is 1.95.